The summed E-state index contributed by atoms with van der Waals surface area (Å²) >= 11 is 1.57. The number of amides is 1. The molecule has 1 saturated heterocycles. The normalized spacial score (nSPS) is 38.2. The molecule has 2 fully saturated rings. The lowest BCUT2D eigenvalue weighted by atomic mass is 9.54. The summed E-state index contributed by atoms with van der Waals surface area (Å²) in [5, 5.41) is 3.47. The number of anilines is 1. The molecular weight excluding hydrogens is 352 g/mol. The van der Waals surface area contributed by atoms with Gasteiger partial charge in [-0.3, -0.25) is 14.9 Å². The predicted octanol–water partition coefficient (Wildman–Crippen LogP) is 2.98. The van der Waals surface area contributed by atoms with Crippen molar-refractivity contribution in [1.29, 1.82) is 0 Å². The molecule has 0 radical (unpaired) electrons. The molecule has 0 bridgehead atoms. The number of thiazole rings is 1. The van der Waals surface area contributed by atoms with Crippen LogP contribution >= 0.6 is 11.3 Å². The van der Waals surface area contributed by atoms with E-state index in [-0.39, 0.29) is 47.8 Å². The van der Waals surface area contributed by atoms with E-state index in [1.54, 1.807) is 11.3 Å². The summed E-state index contributed by atoms with van der Waals surface area (Å²) in [4.78, 5) is 29.9. The molecule has 26 heavy (non-hydrogen) atoms. The number of carbonyl (C=O) groups excluding carboxylic acids is 2. The van der Waals surface area contributed by atoms with Crippen molar-refractivity contribution in [2.75, 3.05) is 19.0 Å². The van der Waals surface area contributed by atoms with Gasteiger partial charge in [0.25, 0.3) is 5.91 Å². The topological polar surface area (TPSA) is 77.5 Å². The van der Waals surface area contributed by atoms with E-state index >= 15 is 0 Å². The number of hydrogen-bond acceptors (Lipinski definition) is 6. The van der Waals surface area contributed by atoms with Gasteiger partial charge in [-0.05, 0) is 24.7 Å². The van der Waals surface area contributed by atoms with Crippen LogP contribution in [0.3, 0.4) is 0 Å². The Balaban J connectivity index is 1.64. The Morgan fingerprint density at radius 3 is 2.92 bits per heavy atom. The standard InChI is InChI=1S/C19H26N2O4S/c1-9-11-5-6-19(3)7-12-15(10(2)14(19)16(11)25-17(9)23)21-18(26-12)20-13(22)8-24-4/h9-11,14,16H,5-8H2,1-4H3,(H,20,21,22)/t9-,10-,11-,14+,16-,19+/m0/s1. The first-order chi connectivity index (χ1) is 12.3. The quantitative estimate of drug-likeness (QED) is 0.818. The Kier molecular flexibility index (Phi) is 4.34. The van der Waals surface area contributed by atoms with Crippen LogP contribution in [0.15, 0.2) is 0 Å². The molecule has 1 aromatic heterocycles. The number of nitrogens with zero attached hydrogens (tertiary/aromatic N) is 1. The number of rotatable bonds is 3. The third-order valence-electron chi connectivity index (χ3n) is 6.68. The molecule has 7 heteroatoms. The average molecular weight is 378 g/mol. The monoisotopic (exact) mass is 378 g/mol. The number of esters is 1. The zero-order valence-electron chi connectivity index (χ0n) is 15.7. The predicted molar refractivity (Wildman–Crippen MR) is 98.1 cm³/mol. The number of ether oxygens (including phenoxy) is 2. The Labute approximate surface area is 157 Å². The summed E-state index contributed by atoms with van der Waals surface area (Å²) < 4.78 is 10.7. The second kappa shape index (κ2) is 6.30. The fraction of sp³-hybridized carbons (Fsp3) is 0.737. The van der Waals surface area contributed by atoms with Crippen molar-refractivity contribution in [3.05, 3.63) is 10.6 Å². The van der Waals surface area contributed by atoms with Crippen molar-refractivity contribution in [3.8, 4) is 0 Å². The first-order valence-corrected chi connectivity index (χ1v) is 10.1. The molecule has 3 aliphatic rings. The van der Waals surface area contributed by atoms with Gasteiger partial charge >= 0.3 is 5.97 Å². The first-order valence-electron chi connectivity index (χ1n) is 9.33. The van der Waals surface area contributed by atoms with Crippen LogP contribution in [0.25, 0.3) is 0 Å². The Morgan fingerprint density at radius 1 is 1.42 bits per heavy atom. The van der Waals surface area contributed by atoms with Gasteiger partial charge in [0.05, 0.1) is 11.6 Å². The molecule has 142 valence electrons. The lowest BCUT2D eigenvalue weighted by Crippen LogP contribution is -2.50. The number of fused-ring (bicyclic) bond motifs is 4. The average Bonchev–Trinajstić information content (AvgIpc) is 3.08. The van der Waals surface area contributed by atoms with E-state index in [0.717, 1.165) is 25.0 Å². The van der Waals surface area contributed by atoms with Gasteiger partial charge in [-0.2, -0.15) is 0 Å². The number of aromatic nitrogens is 1. The molecule has 1 aliphatic heterocycles. The van der Waals surface area contributed by atoms with Crippen LogP contribution in [-0.4, -0.2) is 36.7 Å². The molecule has 0 aromatic carbocycles. The molecular formula is C19H26N2O4S. The first kappa shape index (κ1) is 17.9. The van der Waals surface area contributed by atoms with Gasteiger partial charge in [-0.25, -0.2) is 4.98 Å². The molecule has 1 amide bonds. The van der Waals surface area contributed by atoms with Gasteiger partial charge in [0.1, 0.15) is 12.7 Å². The fourth-order valence-corrected chi connectivity index (χ4v) is 6.70. The second-order valence-corrected chi connectivity index (χ2v) is 9.43. The maximum absolute atomic E-state index is 12.2. The van der Waals surface area contributed by atoms with Crippen LogP contribution in [0, 0.1) is 23.2 Å². The minimum atomic E-state index is -0.187. The Hall–Kier alpha value is -1.47. The van der Waals surface area contributed by atoms with Gasteiger partial charge in [0.2, 0.25) is 0 Å². The second-order valence-electron chi connectivity index (χ2n) is 8.35. The molecule has 0 unspecified atom stereocenters. The highest BCUT2D eigenvalue weighted by molar-refractivity contribution is 7.15. The summed E-state index contributed by atoms with van der Waals surface area (Å²) in [6.07, 6.45) is 3.08. The van der Waals surface area contributed by atoms with Crippen LogP contribution in [0.1, 0.15) is 50.1 Å². The molecule has 2 aliphatic carbocycles. The minimum Gasteiger partial charge on any atom is -0.461 e. The van der Waals surface area contributed by atoms with Gasteiger partial charge in [0.15, 0.2) is 5.13 Å². The number of hydrogen-bond donors (Lipinski definition) is 1. The third-order valence-corrected chi connectivity index (χ3v) is 7.67. The maximum Gasteiger partial charge on any atom is 0.309 e. The van der Waals surface area contributed by atoms with Crippen molar-refractivity contribution in [2.45, 2.75) is 52.1 Å². The lowest BCUT2D eigenvalue weighted by Gasteiger charge is -2.51. The van der Waals surface area contributed by atoms with Crippen LogP contribution < -0.4 is 5.32 Å². The largest absolute Gasteiger partial charge is 0.461 e. The van der Waals surface area contributed by atoms with Gasteiger partial charge in [0, 0.05) is 29.7 Å². The highest BCUT2D eigenvalue weighted by atomic mass is 32.1. The van der Waals surface area contributed by atoms with Crippen LogP contribution in [0.4, 0.5) is 5.13 Å². The lowest BCUT2D eigenvalue weighted by molar-refractivity contribution is -0.149. The van der Waals surface area contributed by atoms with Crippen LogP contribution in [0.2, 0.25) is 0 Å². The molecule has 2 heterocycles. The molecule has 1 saturated carbocycles. The minimum absolute atomic E-state index is 0.00234. The molecule has 1 N–H and O–H groups in total. The smallest absolute Gasteiger partial charge is 0.309 e. The van der Waals surface area contributed by atoms with E-state index < -0.39 is 0 Å². The third kappa shape index (κ3) is 2.67. The molecule has 0 spiro atoms. The van der Waals surface area contributed by atoms with Gasteiger partial charge < -0.3 is 9.47 Å². The van der Waals surface area contributed by atoms with E-state index in [2.05, 4.69) is 19.2 Å². The SMILES string of the molecule is COCC(=O)Nc1nc2c(s1)C[C@@]1(C)CC[C@@H]3[C@H](OC(=O)[C@H]3C)[C@H]1[C@@H]2C. The van der Waals surface area contributed by atoms with Crippen molar-refractivity contribution in [3.63, 3.8) is 0 Å². The van der Waals surface area contributed by atoms with E-state index in [9.17, 15) is 9.59 Å². The van der Waals surface area contributed by atoms with E-state index in [1.165, 1.54) is 12.0 Å². The Bertz CT molecular complexity index is 748. The summed E-state index contributed by atoms with van der Waals surface area (Å²) in [7, 11) is 1.50. The molecule has 6 nitrogen and oxygen atoms in total. The van der Waals surface area contributed by atoms with Crippen molar-refractivity contribution in [2.24, 2.45) is 23.2 Å². The zero-order chi connectivity index (χ0) is 18.6. The van der Waals surface area contributed by atoms with E-state index in [1.807, 2.05) is 6.92 Å². The number of carbonyl (C=O) groups is 2. The highest BCUT2D eigenvalue weighted by Gasteiger charge is 2.58. The Morgan fingerprint density at radius 2 is 2.19 bits per heavy atom. The number of nitrogens with one attached hydrogen (secondary N) is 1. The van der Waals surface area contributed by atoms with Crippen molar-refractivity contribution in [1.82, 2.24) is 4.98 Å². The highest BCUT2D eigenvalue weighted by Crippen LogP contribution is 2.59. The number of methoxy groups -OCH3 is 1. The fourth-order valence-electron chi connectivity index (χ4n) is 5.42. The van der Waals surface area contributed by atoms with Crippen LogP contribution in [0.5, 0.6) is 0 Å². The molecule has 6 atom stereocenters. The van der Waals surface area contributed by atoms with E-state index in [4.69, 9.17) is 14.5 Å². The van der Waals surface area contributed by atoms with Gasteiger partial charge in [-0.15, -0.1) is 11.3 Å². The van der Waals surface area contributed by atoms with Crippen LogP contribution in [-0.2, 0) is 25.5 Å². The summed E-state index contributed by atoms with van der Waals surface area (Å²) in [5.41, 5.74) is 1.17. The van der Waals surface area contributed by atoms with E-state index in [0.29, 0.717) is 11.0 Å². The summed E-state index contributed by atoms with van der Waals surface area (Å²) in [6.45, 7) is 6.55. The van der Waals surface area contributed by atoms with Crippen molar-refractivity contribution >= 4 is 28.3 Å². The zero-order valence-corrected chi connectivity index (χ0v) is 16.5. The maximum atomic E-state index is 12.2. The molecule has 1 aromatic rings. The van der Waals surface area contributed by atoms with Gasteiger partial charge in [-0.1, -0.05) is 20.8 Å². The summed E-state index contributed by atoms with van der Waals surface area (Å²) in [6, 6.07) is 0. The molecule has 4 rings (SSSR count). The van der Waals surface area contributed by atoms with Crippen molar-refractivity contribution < 1.29 is 19.1 Å². The summed E-state index contributed by atoms with van der Waals surface area (Å²) in [5.74, 6) is 0.578.